The van der Waals surface area contributed by atoms with Crippen LogP contribution in [0.4, 0.5) is 17.6 Å². The Morgan fingerprint density at radius 1 is 1.48 bits per heavy atom. The number of nitrogens with one attached hydrogen (secondary N) is 2. The first-order chi connectivity index (χ1) is 9.85. The number of rotatable bonds is 5. The summed E-state index contributed by atoms with van der Waals surface area (Å²) >= 11 is 0. The lowest BCUT2D eigenvalue weighted by Gasteiger charge is -2.12. The second-order valence-electron chi connectivity index (χ2n) is 4.74. The van der Waals surface area contributed by atoms with Crippen LogP contribution in [0.25, 0.3) is 0 Å². The highest BCUT2D eigenvalue weighted by Gasteiger charge is 2.42. The molecule has 0 aromatic heterocycles. The monoisotopic (exact) mass is 306 g/mol. The van der Waals surface area contributed by atoms with E-state index in [9.17, 15) is 22.4 Å². The van der Waals surface area contributed by atoms with Crippen molar-refractivity contribution in [3.63, 3.8) is 0 Å². The summed E-state index contributed by atoms with van der Waals surface area (Å²) in [5.74, 6) is -3.46. The van der Waals surface area contributed by atoms with Crippen LogP contribution in [0.3, 0.4) is 0 Å². The zero-order valence-corrected chi connectivity index (χ0v) is 10.9. The topological polar surface area (TPSA) is 50.4 Å². The third-order valence-corrected chi connectivity index (χ3v) is 3.02. The Hall–Kier alpha value is -1.83. The summed E-state index contributed by atoms with van der Waals surface area (Å²) in [6.07, 6.45) is -0.548. The first kappa shape index (κ1) is 15.6. The van der Waals surface area contributed by atoms with Crippen LogP contribution >= 0.6 is 0 Å². The number of hydrogen-bond donors (Lipinski definition) is 2. The third kappa shape index (κ3) is 4.59. The summed E-state index contributed by atoms with van der Waals surface area (Å²) in [7, 11) is 0. The molecule has 0 radical (unpaired) electrons. The molecule has 1 unspecified atom stereocenters. The van der Waals surface area contributed by atoms with E-state index < -0.39 is 37.4 Å². The van der Waals surface area contributed by atoms with Crippen molar-refractivity contribution in [2.24, 2.45) is 0 Å². The summed E-state index contributed by atoms with van der Waals surface area (Å²) < 4.78 is 54.3. The van der Waals surface area contributed by atoms with Gasteiger partial charge in [-0.25, -0.2) is 8.78 Å². The molecule has 0 aliphatic carbocycles. The van der Waals surface area contributed by atoms with E-state index in [1.165, 1.54) is 18.2 Å². The molecule has 0 bridgehead atoms. The van der Waals surface area contributed by atoms with E-state index in [2.05, 4.69) is 15.4 Å². The van der Waals surface area contributed by atoms with Crippen molar-refractivity contribution in [3.05, 3.63) is 29.8 Å². The molecule has 116 valence electrons. The molecule has 1 aliphatic heterocycles. The van der Waals surface area contributed by atoms with Crippen LogP contribution < -0.4 is 15.4 Å². The molecule has 0 spiro atoms. The van der Waals surface area contributed by atoms with Crippen molar-refractivity contribution in [2.45, 2.75) is 31.5 Å². The quantitative estimate of drug-likeness (QED) is 0.817. The molecule has 1 atom stereocenters. The molecule has 1 aromatic carbocycles. The van der Waals surface area contributed by atoms with Crippen LogP contribution in [0.2, 0.25) is 0 Å². The van der Waals surface area contributed by atoms with Crippen molar-refractivity contribution in [3.8, 4) is 5.75 Å². The lowest BCUT2D eigenvalue weighted by atomic mass is 10.1. The number of amides is 1. The first-order valence-corrected chi connectivity index (χ1v) is 6.28. The van der Waals surface area contributed by atoms with Gasteiger partial charge in [-0.05, 0) is 17.7 Å². The van der Waals surface area contributed by atoms with Gasteiger partial charge in [0.2, 0.25) is 5.91 Å². The van der Waals surface area contributed by atoms with Gasteiger partial charge < -0.3 is 10.1 Å². The predicted octanol–water partition coefficient (Wildman–Crippen LogP) is 1.90. The molecule has 2 N–H and O–H groups in total. The van der Waals surface area contributed by atoms with Gasteiger partial charge >= 0.3 is 6.61 Å². The number of halogens is 4. The molecule has 1 heterocycles. The van der Waals surface area contributed by atoms with Crippen molar-refractivity contribution < 1.29 is 27.1 Å². The summed E-state index contributed by atoms with van der Waals surface area (Å²) in [5, 5.41) is 4.92. The number of alkyl halides is 4. The van der Waals surface area contributed by atoms with Gasteiger partial charge in [-0.3, -0.25) is 10.1 Å². The summed E-state index contributed by atoms with van der Waals surface area (Å²) in [6.45, 7) is -3.41. The van der Waals surface area contributed by atoms with Crippen molar-refractivity contribution in [1.29, 1.82) is 0 Å². The maximum absolute atomic E-state index is 13.0. The molecular weight excluding hydrogens is 292 g/mol. The standard InChI is InChI=1S/C13H14F4N2O2/c14-12(15)21-9-3-1-2-8(4-9)6-18-11(20)10-5-13(16,17)7-19-10/h1-4,10,12,19H,5-7H2,(H,18,20). The number of hydrogen-bond acceptors (Lipinski definition) is 3. The van der Waals surface area contributed by atoms with E-state index in [0.717, 1.165) is 0 Å². The van der Waals surface area contributed by atoms with Crippen LogP contribution in [0, 0.1) is 0 Å². The molecule has 1 amide bonds. The number of carbonyl (C=O) groups excluding carboxylic acids is 1. The average molecular weight is 306 g/mol. The van der Waals surface area contributed by atoms with Crippen LogP contribution in [-0.2, 0) is 11.3 Å². The van der Waals surface area contributed by atoms with Crippen LogP contribution in [0.5, 0.6) is 5.75 Å². The molecule has 1 saturated heterocycles. The van der Waals surface area contributed by atoms with E-state index in [1.54, 1.807) is 6.07 Å². The smallest absolute Gasteiger partial charge is 0.387 e. The van der Waals surface area contributed by atoms with Crippen molar-refractivity contribution in [2.75, 3.05) is 6.54 Å². The zero-order valence-electron chi connectivity index (χ0n) is 10.9. The molecule has 2 rings (SSSR count). The molecule has 8 heteroatoms. The largest absolute Gasteiger partial charge is 0.435 e. The average Bonchev–Trinajstić information content (AvgIpc) is 2.76. The summed E-state index contributed by atoms with van der Waals surface area (Å²) in [5.41, 5.74) is 0.534. The SMILES string of the molecule is O=C(NCc1cccc(OC(F)F)c1)C1CC(F)(F)CN1. The van der Waals surface area contributed by atoms with E-state index in [0.29, 0.717) is 5.56 Å². The van der Waals surface area contributed by atoms with Gasteiger partial charge in [0.25, 0.3) is 5.92 Å². The lowest BCUT2D eigenvalue weighted by Crippen LogP contribution is -2.40. The molecule has 1 fully saturated rings. The molecule has 0 saturated carbocycles. The summed E-state index contributed by atoms with van der Waals surface area (Å²) in [4.78, 5) is 11.7. The Balaban J connectivity index is 1.87. The van der Waals surface area contributed by atoms with Gasteiger partial charge in [0.1, 0.15) is 5.75 Å². The van der Waals surface area contributed by atoms with E-state index in [4.69, 9.17) is 0 Å². The minimum Gasteiger partial charge on any atom is -0.435 e. The van der Waals surface area contributed by atoms with Gasteiger partial charge in [-0.2, -0.15) is 8.78 Å². The second-order valence-corrected chi connectivity index (χ2v) is 4.74. The number of benzene rings is 1. The minimum absolute atomic E-state index is 0.0257. The fourth-order valence-corrected chi connectivity index (χ4v) is 2.04. The Bertz CT molecular complexity index is 511. The second kappa shape index (κ2) is 6.30. The molecule has 1 aliphatic rings. The van der Waals surface area contributed by atoms with Crippen LogP contribution in [0.15, 0.2) is 24.3 Å². The Morgan fingerprint density at radius 3 is 2.86 bits per heavy atom. The third-order valence-electron chi connectivity index (χ3n) is 3.02. The number of ether oxygens (including phenoxy) is 1. The maximum atomic E-state index is 13.0. The van der Waals surface area contributed by atoms with Crippen molar-refractivity contribution >= 4 is 5.91 Å². The van der Waals surface area contributed by atoms with E-state index in [-0.39, 0.29) is 12.3 Å². The van der Waals surface area contributed by atoms with Gasteiger partial charge in [-0.1, -0.05) is 12.1 Å². The fourth-order valence-electron chi connectivity index (χ4n) is 2.04. The van der Waals surface area contributed by atoms with E-state index in [1.807, 2.05) is 0 Å². The molecular formula is C13H14F4N2O2. The highest BCUT2D eigenvalue weighted by atomic mass is 19.3. The first-order valence-electron chi connectivity index (χ1n) is 6.28. The fraction of sp³-hybridized carbons (Fsp3) is 0.462. The molecule has 21 heavy (non-hydrogen) atoms. The van der Waals surface area contributed by atoms with Gasteiger partial charge in [-0.15, -0.1) is 0 Å². The van der Waals surface area contributed by atoms with Crippen LogP contribution in [0.1, 0.15) is 12.0 Å². The predicted molar refractivity (Wildman–Crippen MR) is 66.3 cm³/mol. The highest BCUT2D eigenvalue weighted by Crippen LogP contribution is 2.25. The Labute approximate surface area is 118 Å². The number of carbonyl (C=O) groups is 1. The summed E-state index contributed by atoms with van der Waals surface area (Å²) in [6, 6.07) is 4.87. The van der Waals surface area contributed by atoms with E-state index >= 15 is 0 Å². The lowest BCUT2D eigenvalue weighted by molar-refractivity contribution is -0.123. The Morgan fingerprint density at radius 2 is 2.24 bits per heavy atom. The minimum atomic E-state index is -2.93. The van der Waals surface area contributed by atoms with Gasteiger partial charge in [0.05, 0.1) is 12.6 Å². The maximum Gasteiger partial charge on any atom is 0.387 e. The van der Waals surface area contributed by atoms with Gasteiger partial charge in [0, 0.05) is 13.0 Å². The van der Waals surface area contributed by atoms with Gasteiger partial charge in [0.15, 0.2) is 0 Å². The zero-order chi connectivity index (χ0) is 15.5. The normalized spacial score (nSPS) is 20.5. The molecule has 1 aromatic rings. The highest BCUT2D eigenvalue weighted by molar-refractivity contribution is 5.82. The van der Waals surface area contributed by atoms with Crippen molar-refractivity contribution in [1.82, 2.24) is 10.6 Å². The molecule has 4 nitrogen and oxygen atoms in total. The van der Waals surface area contributed by atoms with Crippen LogP contribution in [-0.4, -0.2) is 31.0 Å². The Kier molecular flexibility index (Phi) is 4.66.